The van der Waals surface area contributed by atoms with E-state index in [9.17, 15) is 9.59 Å². The molecule has 0 aliphatic rings. The maximum absolute atomic E-state index is 12.6. The molecule has 0 fully saturated rings. The van der Waals surface area contributed by atoms with Gasteiger partial charge in [-0.2, -0.15) is 0 Å². The van der Waals surface area contributed by atoms with E-state index >= 15 is 0 Å². The summed E-state index contributed by atoms with van der Waals surface area (Å²) in [4.78, 5) is 29.5. The molecule has 3 rings (SSSR count). The first-order valence-electron chi connectivity index (χ1n) is 8.61. The normalized spacial score (nSPS) is 11.5. The molecule has 0 radical (unpaired) electrons. The second-order valence-electron chi connectivity index (χ2n) is 7.49. The molecule has 0 atom stereocenters. The lowest BCUT2D eigenvalue weighted by Gasteiger charge is -2.23. The summed E-state index contributed by atoms with van der Waals surface area (Å²) < 4.78 is 1.34. The SMILES string of the molecule is Cc1cccc2c(=O)n(CC(=O)Nc3ccccc3C(C)(C)C)cnc12. The molecule has 26 heavy (non-hydrogen) atoms. The largest absolute Gasteiger partial charge is 0.324 e. The van der Waals surface area contributed by atoms with Gasteiger partial charge in [0.15, 0.2) is 0 Å². The number of hydrogen-bond donors (Lipinski definition) is 1. The Kier molecular flexibility index (Phi) is 4.64. The van der Waals surface area contributed by atoms with Crippen LogP contribution >= 0.6 is 0 Å². The standard InChI is InChI=1S/C21H23N3O2/c1-14-8-7-9-15-19(14)22-13-24(20(15)26)12-18(25)23-17-11-6-5-10-16(17)21(2,3)4/h5-11,13H,12H2,1-4H3,(H,23,25). The van der Waals surface area contributed by atoms with E-state index in [1.165, 1.54) is 10.9 Å². The molecule has 1 aromatic heterocycles. The number of hydrogen-bond acceptors (Lipinski definition) is 3. The molecule has 0 bridgehead atoms. The molecule has 0 spiro atoms. The highest BCUT2D eigenvalue weighted by Crippen LogP contribution is 2.29. The number of carbonyl (C=O) groups excluding carboxylic acids is 1. The van der Waals surface area contributed by atoms with E-state index in [1.54, 1.807) is 6.07 Å². The van der Waals surface area contributed by atoms with Crippen molar-refractivity contribution >= 4 is 22.5 Å². The summed E-state index contributed by atoms with van der Waals surface area (Å²) in [5.74, 6) is -0.252. The van der Waals surface area contributed by atoms with E-state index in [2.05, 4.69) is 31.1 Å². The van der Waals surface area contributed by atoms with Crippen LogP contribution in [0.3, 0.4) is 0 Å². The van der Waals surface area contributed by atoms with Gasteiger partial charge in [-0.05, 0) is 35.6 Å². The van der Waals surface area contributed by atoms with E-state index in [0.29, 0.717) is 10.9 Å². The molecule has 134 valence electrons. The lowest BCUT2D eigenvalue weighted by molar-refractivity contribution is -0.116. The minimum atomic E-state index is -0.252. The zero-order chi connectivity index (χ0) is 18.9. The number of fused-ring (bicyclic) bond motifs is 1. The van der Waals surface area contributed by atoms with E-state index in [1.807, 2.05) is 43.3 Å². The monoisotopic (exact) mass is 349 g/mol. The zero-order valence-corrected chi connectivity index (χ0v) is 15.5. The molecule has 0 aliphatic heterocycles. The Morgan fingerprint density at radius 3 is 2.58 bits per heavy atom. The lowest BCUT2D eigenvalue weighted by atomic mass is 9.86. The highest BCUT2D eigenvalue weighted by Gasteiger charge is 2.19. The summed E-state index contributed by atoms with van der Waals surface area (Å²) in [5.41, 5.74) is 3.12. The van der Waals surface area contributed by atoms with Gasteiger partial charge in [0.2, 0.25) is 5.91 Å². The fraction of sp³-hybridized carbons (Fsp3) is 0.286. The van der Waals surface area contributed by atoms with Crippen LogP contribution in [0.1, 0.15) is 31.9 Å². The van der Waals surface area contributed by atoms with E-state index in [-0.39, 0.29) is 23.4 Å². The Morgan fingerprint density at radius 2 is 1.85 bits per heavy atom. The van der Waals surface area contributed by atoms with Crippen LogP contribution in [-0.4, -0.2) is 15.5 Å². The van der Waals surface area contributed by atoms with Crippen molar-refractivity contribution in [2.75, 3.05) is 5.32 Å². The fourth-order valence-corrected chi connectivity index (χ4v) is 3.04. The van der Waals surface area contributed by atoms with Crippen LogP contribution in [0.25, 0.3) is 10.9 Å². The Labute approximate surface area is 152 Å². The summed E-state index contributed by atoms with van der Waals surface area (Å²) in [6.07, 6.45) is 1.44. The van der Waals surface area contributed by atoms with Crippen molar-refractivity contribution in [2.45, 2.75) is 39.7 Å². The van der Waals surface area contributed by atoms with Crippen LogP contribution in [0, 0.1) is 6.92 Å². The number of nitrogens with one attached hydrogen (secondary N) is 1. The number of para-hydroxylation sites is 2. The van der Waals surface area contributed by atoms with Gasteiger partial charge in [-0.15, -0.1) is 0 Å². The summed E-state index contributed by atoms with van der Waals surface area (Å²) in [6, 6.07) is 13.2. The highest BCUT2D eigenvalue weighted by atomic mass is 16.2. The molecule has 0 saturated heterocycles. The topological polar surface area (TPSA) is 64.0 Å². The van der Waals surface area contributed by atoms with Crippen molar-refractivity contribution in [2.24, 2.45) is 0 Å². The van der Waals surface area contributed by atoms with E-state index < -0.39 is 0 Å². The van der Waals surface area contributed by atoms with Crippen LogP contribution in [0.4, 0.5) is 5.69 Å². The highest BCUT2D eigenvalue weighted by molar-refractivity contribution is 5.91. The molecular formula is C21H23N3O2. The first-order valence-corrected chi connectivity index (χ1v) is 8.61. The molecule has 0 saturated carbocycles. The van der Waals surface area contributed by atoms with E-state index in [4.69, 9.17) is 0 Å². The third-order valence-corrected chi connectivity index (χ3v) is 4.38. The lowest BCUT2D eigenvalue weighted by Crippen LogP contribution is -2.28. The molecule has 3 aromatic rings. The molecule has 1 N–H and O–H groups in total. The summed E-state index contributed by atoms with van der Waals surface area (Å²) in [6.45, 7) is 8.12. The molecule has 2 aromatic carbocycles. The number of carbonyl (C=O) groups is 1. The van der Waals surface area contributed by atoms with Gasteiger partial charge in [0.05, 0.1) is 17.2 Å². The zero-order valence-electron chi connectivity index (χ0n) is 15.5. The van der Waals surface area contributed by atoms with Gasteiger partial charge in [0.1, 0.15) is 6.54 Å². The Balaban J connectivity index is 1.87. The number of nitrogens with zero attached hydrogens (tertiary/aromatic N) is 2. The number of rotatable bonds is 3. The first-order chi connectivity index (χ1) is 12.3. The number of aryl methyl sites for hydroxylation is 1. The molecule has 5 nitrogen and oxygen atoms in total. The number of amides is 1. The van der Waals surface area contributed by atoms with Crippen molar-refractivity contribution in [3.05, 3.63) is 70.3 Å². The average Bonchev–Trinajstić information content (AvgIpc) is 2.57. The van der Waals surface area contributed by atoms with Gasteiger partial charge in [-0.3, -0.25) is 14.2 Å². The Hall–Kier alpha value is -2.95. The first kappa shape index (κ1) is 17.9. The van der Waals surface area contributed by atoms with Crippen molar-refractivity contribution in [1.82, 2.24) is 9.55 Å². The van der Waals surface area contributed by atoms with Gasteiger partial charge in [-0.1, -0.05) is 51.1 Å². The predicted octanol–water partition coefficient (Wildman–Crippen LogP) is 3.64. The second-order valence-corrected chi connectivity index (χ2v) is 7.49. The maximum atomic E-state index is 12.6. The van der Waals surface area contributed by atoms with Crippen molar-refractivity contribution in [3.63, 3.8) is 0 Å². The van der Waals surface area contributed by atoms with Crippen molar-refractivity contribution < 1.29 is 4.79 Å². The van der Waals surface area contributed by atoms with Gasteiger partial charge >= 0.3 is 0 Å². The summed E-state index contributed by atoms with van der Waals surface area (Å²) in [7, 11) is 0. The smallest absolute Gasteiger partial charge is 0.261 e. The van der Waals surface area contributed by atoms with Crippen LogP contribution in [-0.2, 0) is 16.8 Å². The quantitative estimate of drug-likeness (QED) is 0.785. The molecule has 1 amide bonds. The summed E-state index contributed by atoms with van der Waals surface area (Å²) in [5, 5.41) is 3.45. The van der Waals surface area contributed by atoms with Crippen LogP contribution in [0.15, 0.2) is 53.6 Å². The van der Waals surface area contributed by atoms with E-state index in [0.717, 1.165) is 16.8 Å². The third kappa shape index (κ3) is 3.52. The number of anilines is 1. The minimum Gasteiger partial charge on any atom is -0.324 e. The molecule has 0 aliphatic carbocycles. The van der Waals surface area contributed by atoms with Gasteiger partial charge in [0, 0.05) is 5.69 Å². The predicted molar refractivity (Wildman–Crippen MR) is 105 cm³/mol. The van der Waals surface area contributed by atoms with Gasteiger partial charge < -0.3 is 5.32 Å². The van der Waals surface area contributed by atoms with Crippen molar-refractivity contribution in [3.8, 4) is 0 Å². The summed E-state index contributed by atoms with van der Waals surface area (Å²) >= 11 is 0. The van der Waals surface area contributed by atoms with Crippen LogP contribution in [0.5, 0.6) is 0 Å². The van der Waals surface area contributed by atoms with Gasteiger partial charge in [-0.25, -0.2) is 4.98 Å². The van der Waals surface area contributed by atoms with Crippen LogP contribution < -0.4 is 10.9 Å². The molecular weight excluding hydrogens is 326 g/mol. The van der Waals surface area contributed by atoms with Crippen molar-refractivity contribution in [1.29, 1.82) is 0 Å². The average molecular weight is 349 g/mol. The number of aromatic nitrogens is 2. The maximum Gasteiger partial charge on any atom is 0.261 e. The Bertz CT molecular complexity index is 1030. The molecule has 1 heterocycles. The Morgan fingerprint density at radius 1 is 1.12 bits per heavy atom. The fourth-order valence-electron chi connectivity index (χ4n) is 3.04. The van der Waals surface area contributed by atoms with Crippen LogP contribution in [0.2, 0.25) is 0 Å². The number of benzene rings is 2. The minimum absolute atomic E-state index is 0.0752. The van der Waals surface area contributed by atoms with Gasteiger partial charge in [0.25, 0.3) is 5.56 Å². The second kappa shape index (κ2) is 6.75. The molecule has 0 unspecified atom stereocenters. The molecule has 5 heteroatoms. The third-order valence-electron chi connectivity index (χ3n) is 4.38.